The lowest BCUT2D eigenvalue weighted by Crippen LogP contribution is -2.47. The number of nitrogen functional groups attached to an aromatic ring is 1. The van der Waals surface area contributed by atoms with Gasteiger partial charge in [0, 0.05) is 5.39 Å². The molecule has 0 saturated carbocycles. The summed E-state index contributed by atoms with van der Waals surface area (Å²) in [5.41, 5.74) is 9.72. The van der Waals surface area contributed by atoms with Crippen LogP contribution in [0, 0.1) is 0 Å². The number of benzene rings is 1. The predicted molar refractivity (Wildman–Crippen MR) is 71.1 cm³/mol. The molecule has 0 aliphatic rings. The highest BCUT2D eigenvalue weighted by Gasteiger charge is 2.30. The SMILES string of the molecule is CC(C)(C(N)=O)n1c(N)cc2ccccc2c1=O. The van der Waals surface area contributed by atoms with Crippen LogP contribution in [0.15, 0.2) is 35.1 Å². The maximum atomic E-state index is 12.4. The van der Waals surface area contributed by atoms with Crippen molar-refractivity contribution in [3.8, 4) is 0 Å². The molecule has 0 aliphatic carbocycles. The second-order valence-electron chi connectivity index (χ2n) is 4.72. The van der Waals surface area contributed by atoms with Gasteiger partial charge in [-0.15, -0.1) is 0 Å². The fraction of sp³-hybridized carbons (Fsp3) is 0.231. The van der Waals surface area contributed by atoms with Crippen LogP contribution in [0.3, 0.4) is 0 Å². The fourth-order valence-corrected chi connectivity index (χ4v) is 1.97. The minimum absolute atomic E-state index is 0.225. The van der Waals surface area contributed by atoms with E-state index < -0.39 is 11.4 Å². The van der Waals surface area contributed by atoms with Crippen molar-refractivity contribution in [2.75, 3.05) is 5.73 Å². The molecule has 1 aromatic carbocycles. The Hall–Kier alpha value is -2.30. The summed E-state index contributed by atoms with van der Waals surface area (Å²) in [6.45, 7) is 3.14. The molecule has 0 saturated heterocycles. The summed E-state index contributed by atoms with van der Waals surface area (Å²) >= 11 is 0. The molecule has 5 nitrogen and oxygen atoms in total. The van der Waals surface area contributed by atoms with Crippen molar-refractivity contribution in [3.05, 3.63) is 40.7 Å². The average molecular weight is 245 g/mol. The quantitative estimate of drug-likeness (QED) is 0.820. The number of carbonyl (C=O) groups excluding carboxylic acids is 1. The Morgan fingerprint density at radius 3 is 2.50 bits per heavy atom. The fourth-order valence-electron chi connectivity index (χ4n) is 1.97. The highest BCUT2D eigenvalue weighted by atomic mass is 16.2. The average Bonchev–Trinajstić information content (AvgIpc) is 2.28. The number of nitrogens with zero attached hydrogens (tertiary/aromatic N) is 1. The van der Waals surface area contributed by atoms with Gasteiger partial charge in [0.1, 0.15) is 11.4 Å². The van der Waals surface area contributed by atoms with Gasteiger partial charge in [-0.05, 0) is 31.4 Å². The van der Waals surface area contributed by atoms with Crippen LogP contribution < -0.4 is 17.0 Å². The monoisotopic (exact) mass is 245 g/mol. The zero-order valence-electron chi connectivity index (χ0n) is 10.3. The second-order valence-corrected chi connectivity index (χ2v) is 4.72. The second kappa shape index (κ2) is 3.87. The Labute approximate surface area is 104 Å². The molecule has 18 heavy (non-hydrogen) atoms. The molecule has 0 fully saturated rings. The van der Waals surface area contributed by atoms with E-state index in [0.717, 1.165) is 5.39 Å². The van der Waals surface area contributed by atoms with Crippen molar-refractivity contribution < 1.29 is 4.79 Å². The topological polar surface area (TPSA) is 91.1 Å². The van der Waals surface area contributed by atoms with Gasteiger partial charge in [0.2, 0.25) is 5.91 Å². The summed E-state index contributed by atoms with van der Waals surface area (Å²) in [5, 5.41) is 1.26. The molecule has 4 N–H and O–H groups in total. The summed E-state index contributed by atoms with van der Waals surface area (Å²) in [7, 11) is 0. The van der Waals surface area contributed by atoms with Crippen LogP contribution >= 0.6 is 0 Å². The molecule has 2 aromatic rings. The van der Waals surface area contributed by atoms with Gasteiger partial charge >= 0.3 is 0 Å². The molecule has 0 bridgehead atoms. The minimum atomic E-state index is -1.16. The molecule has 0 radical (unpaired) electrons. The molecule has 94 valence electrons. The van der Waals surface area contributed by atoms with E-state index in [0.29, 0.717) is 5.39 Å². The van der Waals surface area contributed by atoms with E-state index in [9.17, 15) is 9.59 Å². The number of primary amides is 1. The first-order valence-electron chi connectivity index (χ1n) is 5.56. The number of pyridine rings is 1. The number of carbonyl (C=O) groups is 1. The Balaban J connectivity index is 2.89. The molecular formula is C13H15N3O2. The number of hydrogen-bond acceptors (Lipinski definition) is 3. The van der Waals surface area contributed by atoms with Crippen molar-refractivity contribution >= 4 is 22.5 Å². The van der Waals surface area contributed by atoms with Crippen molar-refractivity contribution in [2.45, 2.75) is 19.4 Å². The van der Waals surface area contributed by atoms with Crippen molar-refractivity contribution in [2.24, 2.45) is 5.73 Å². The first kappa shape index (κ1) is 12.2. The van der Waals surface area contributed by atoms with Crippen LogP contribution in [0.2, 0.25) is 0 Å². The Morgan fingerprint density at radius 2 is 1.89 bits per heavy atom. The van der Waals surface area contributed by atoms with Crippen LogP contribution in [0.5, 0.6) is 0 Å². The van der Waals surface area contributed by atoms with E-state index in [1.807, 2.05) is 6.07 Å². The molecule has 1 aromatic heterocycles. The molecule has 0 spiro atoms. The zero-order valence-corrected chi connectivity index (χ0v) is 10.3. The molecule has 1 heterocycles. The first-order chi connectivity index (χ1) is 8.35. The van der Waals surface area contributed by atoms with Crippen LogP contribution in [0.4, 0.5) is 5.82 Å². The number of hydrogen-bond donors (Lipinski definition) is 2. The first-order valence-corrected chi connectivity index (χ1v) is 5.56. The van der Waals surface area contributed by atoms with Crippen LogP contribution in [0.1, 0.15) is 13.8 Å². The predicted octanol–water partition coefficient (Wildman–Crippen LogP) is 0.804. The Morgan fingerprint density at radius 1 is 1.28 bits per heavy atom. The van der Waals surface area contributed by atoms with Crippen LogP contribution in [-0.2, 0) is 10.3 Å². The van der Waals surface area contributed by atoms with Crippen molar-refractivity contribution in [1.82, 2.24) is 4.57 Å². The Bertz CT molecular complexity index is 686. The number of fused-ring (bicyclic) bond motifs is 1. The van der Waals surface area contributed by atoms with Crippen LogP contribution in [0.25, 0.3) is 10.8 Å². The van der Waals surface area contributed by atoms with Gasteiger partial charge in [0.25, 0.3) is 5.56 Å². The minimum Gasteiger partial charge on any atom is -0.385 e. The van der Waals surface area contributed by atoms with E-state index in [2.05, 4.69) is 0 Å². The normalized spacial score (nSPS) is 11.7. The summed E-state index contributed by atoms with van der Waals surface area (Å²) in [6.07, 6.45) is 0. The lowest BCUT2D eigenvalue weighted by molar-refractivity contribution is -0.125. The van der Waals surface area contributed by atoms with Gasteiger partial charge in [-0.1, -0.05) is 18.2 Å². The molecule has 0 atom stereocenters. The summed E-state index contributed by atoms with van der Waals surface area (Å²) in [5.74, 6) is -0.380. The summed E-state index contributed by atoms with van der Waals surface area (Å²) in [4.78, 5) is 23.8. The van der Waals surface area contributed by atoms with E-state index in [1.165, 1.54) is 4.57 Å². The van der Waals surface area contributed by atoms with Gasteiger partial charge < -0.3 is 11.5 Å². The van der Waals surface area contributed by atoms with Crippen molar-refractivity contribution in [3.63, 3.8) is 0 Å². The maximum Gasteiger partial charge on any atom is 0.260 e. The largest absolute Gasteiger partial charge is 0.385 e. The van der Waals surface area contributed by atoms with E-state index in [1.54, 1.807) is 38.1 Å². The zero-order chi connectivity index (χ0) is 13.5. The Kier molecular flexibility index (Phi) is 2.62. The summed E-state index contributed by atoms with van der Waals surface area (Å²) < 4.78 is 1.23. The summed E-state index contributed by atoms with van der Waals surface area (Å²) in [6, 6.07) is 8.76. The number of amides is 1. The third kappa shape index (κ3) is 1.64. The molecule has 2 rings (SSSR count). The molecule has 0 unspecified atom stereocenters. The van der Waals surface area contributed by atoms with Crippen LogP contribution in [-0.4, -0.2) is 10.5 Å². The molecule has 5 heteroatoms. The highest BCUT2D eigenvalue weighted by molar-refractivity contribution is 5.86. The molecule has 1 amide bonds. The standard InChI is InChI=1S/C13H15N3O2/c1-13(2,12(15)18)16-10(14)7-8-5-3-4-6-9(8)11(16)17/h3-7H,14H2,1-2H3,(H2,15,18). The lowest BCUT2D eigenvalue weighted by atomic mass is 10.0. The van der Waals surface area contributed by atoms with Gasteiger partial charge in [-0.3, -0.25) is 14.2 Å². The van der Waals surface area contributed by atoms with Gasteiger partial charge in [0.15, 0.2) is 0 Å². The van der Waals surface area contributed by atoms with E-state index in [-0.39, 0.29) is 11.4 Å². The number of aromatic nitrogens is 1. The third-order valence-corrected chi connectivity index (χ3v) is 3.12. The smallest absolute Gasteiger partial charge is 0.260 e. The van der Waals surface area contributed by atoms with Gasteiger partial charge in [0.05, 0.1) is 0 Å². The molecule has 0 aliphatic heterocycles. The lowest BCUT2D eigenvalue weighted by Gasteiger charge is -2.26. The molecular weight excluding hydrogens is 230 g/mol. The maximum absolute atomic E-state index is 12.4. The number of nitrogens with two attached hydrogens (primary N) is 2. The van der Waals surface area contributed by atoms with Crippen molar-refractivity contribution in [1.29, 1.82) is 0 Å². The number of anilines is 1. The third-order valence-electron chi connectivity index (χ3n) is 3.12. The van der Waals surface area contributed by atoms with Gasteiger partial charge in [-0.2, -0.15) is 0 Å². The highest BCUT2D eigenvalue weighted by Crippen LogP contribution is 2.20. The van der Waals surface area contributed by atoms with Gasteiger partial charge in [-0.25, -0.2) is 0 Å². The van der Waals surface area contributed by atoms with E-state index >= 15 is 0 Å². The van der Waals surface area contributed by atoms with E-state index in [4.69, 9.17) is 11.5 Å². The number of rotatable bonds is 2.